The van der Waals surface area contributed by atoms with Crippen LogP contribution in [0.2, 0.25) is 0 Å². The van der Waals surface area contributed by atoms with Crippen molar-refractivity contribution in [2.75, 3.05) is 26.4 Å². The highest BCUT2D eigenvalue weighted by atomic mass is 16.6. The van der Waals surface area contributed by atoms with E-state index in [0.29, 0.717) is 0 Å². The van der Waals surface area contributed by atoms with Gasteiger partial charge in [0.05, 0.1) is 13.2 Å². The molecule has 0 radical (unpaired) electrons. The second kappa shape index (κ2) is 9.53. The Labute approximate surface area is 99.5 Å². The minimum atomic E-state index is -0.570. The number of esters is 2. The number of ketones is 1. The lowest BCUT2D eigenvalue weighted by Crippen LogP contribution is -2.15. The van der Waals surface area contributed by atoms with Crippen LogP contribution in [-0.2, 0) is 28.6 Å². The van der Waals surface area contributed by atoms with Crippen molar-refractivity contribution in [3.05, 3.63) is 12.7 Å². The highest BCUT2D eigenvalue weighted by molar-refractivity contribution is 5.94. The third kappa shape index (κ3) is 10.6. The zero-order valence-corrected chi connectivity index (χ0v) is 9.77. The first-order valence-electron chi connectivity index (χ1n) is 5.08. The number of ether oxygens (including phenoxy) is 3. The molecule has 0 atom stereocenters. The number of Topliss-reactive ketones (excluding diaryl/α,β-unsaturated/α-hetero) is 1. The Morgan fingerprint density at radius 2 is 1.65 bits per heavy atom. The second-order valence-electron chi connectivity index (χ2n) is 3.08. The summed E-state index contributed by atoms with van der Waals surface area (Å²) in [7, 11) is 0. The van der Waals surface area contributed by atoms with Gasteiger partial charge in [0.15, 0.2) is 0 Å². The number of hydrogen-bond donors (Lipinski definition) is 0. The first-order valence-corrected chi connectivity index (χ1v) is 5.08. The first kappa shape index (κ1) is 15.3. The third-order valence-electron chi connectivity index (χ3n) is 1.52. The van der Waals surface area contributed by atoms with Gasteiger partial charge in [0.25, 0.3) is 0 Å². The van der Waals surface area contributed by atoms with Crippen LogP contribution in [-0.4, -0.2) is 44.1 Å². The molecule has 0 unspecified atom stereocenters. The molecule has 6 heteroatoms. The van der Waals surface area contributed by atoms with Gasteiger partial charge in [-0.25, -0.2) is 4.79 Å². The van der Waals surface area contributed by atoms with Crippen LogP contribution in [0, 0.1) is 0 Å². The predicted octanol–water partition coefficient (Wildman–Crippen LogP) is 0.254. The largest absolute Gasteiger partial charge is 0.463 e. The van der Waals surface area contributed by atoms with Crippen LogP contribution in [0.3, 0.4) is 0 Å². The molecule has 0 aliphatic carbocycles. The molecule has 0 aliphatic rings. The fraction of sp³-hybridized carbons (Fsp3) is 0.545. The maximum Gasteiger partial charge on any atom is 0.330 e. The molecule has 17 heavy (non-hydrogen) atoms. The van der Waals surface area contributed by atoms with Crippen LogP contribution < -0.4 is 0 Å². The number of carbonyl (C=O) groups is 3. The standard InChI is InChI=1S/C11H16O6/c1-3-10(13)16-6-4-15-5-7-17-11(14)8-9(2)12/h3H,1,4-8H2,2H3. The fourth-order valence-electron chi connectivity index (χ4n) is 0.831. The van der Waals surface area contributed by atoms with Crippen LogP contribution in [0.15, 0.2) is 12.7 Å². The Balaban J connectivity index is 3.29. The molecule has 6 nitrogen and oxygen atoms in total. The lowest BCUT2D eigenvalue weighted by atomic mass is 10.3. The minimum Gasteiger partial charge on any atom is -0.463 e. The van der Waals surface area contributed by atoms with Gasteiger partial charge in [0.1, 0.15) is 25.4 Å². The quantitative estimate of drug-likeness (QED) is 0.250. The molecule has 0 aromatic heterocycles. The Hall–Kier alpha value is -1.69. The van der Waals surface area contributed by atoms with Crippen LogP contribution >= 0.6 is 0 Å². The molecular formula is C11H16O6. The maximum absolute atomic E-state index is 10.9. The van der Waals surface area contributed by atoms with Crippen molar-refractivity contribution >= 4 is 17.7 Å². The van der Waals surface area contributed by atoms with Crippen molar-refractivity contribution in [1.82, 2.24) is 0 Å². The van der Waals surface area contributed by atoms with Gasteiger partial charge in [0.2, 0.25) is 0 Å². The lowest BCUT2D eigenvalue weighted by Gasteiger charge is -2.05. The van der Waals surface area contributed by atoms with E-state index in [-0.39, 0.29) is 38.6 Å². The minimum absolute atomic E-state index is 0.0710. The van der Waals surface area contributed by atoms with E-state index in [0.717, 1.165) is 6.08 Å². The summed E-state index contributed by atoms with van der Waals surface area (Å²) in [5.74, 6) is -1.33. The van der Waals surface area contributed by atoms with Gasteiger partial charge in [-0.1, -0.05) is 6.58 Å². The number of carbonyl (C=O) groups excluding carboxylic acids is 3. The van der Waals surface area contributed by atoms with Gasteiger partial charge < -0.3 is 14.2 Å². The Kier molecular flexibility index (Phi) is 8.58. The summed E-state index contributed by atoms with van der Waals surface area (Å²) >= 11 is 0. The molecule has 0 aliphatic heterocycles. The van der Waals surface area contributed by atoms with E-state index in [1.807, 2.05) is 0 Å². The van der Waals surface area contributed by atoms with Crippen molar-refractivity contribution in [3.8, 4) is 0 Å². The summed E-state index contributed by atoms with van der Waals surface area (Å²) in [4.78, 5) is 32.0. The summed E-state index contributed by atoms with van der Waals surface area (Å²) in [6.07, 6.45) is 0.834. The zero-order chi connectivity index (χ0) is 13.1. The van der Waals surface area contributed by atoms with E-state index in [1.165, 1.54) is 6.92 Å². The molecule has 0 saturated heterocycles. The average molecular weight is 244 g/mol. The summed E-state index contributed by atoms with van der Waals surface area (Å²) in [6, 6.07) is 0. The van der Waals surface area contributed by atoms with E-state index in [1.54, 1.807) is 0 Å². The smallest absolute Gasteiger partial charge is 0.330 e. The van der Waals surface area contributed by atoms with Gasteiger partial charge in [-0.2, -0.15) is 0 Å². The topological polar surface area (TPSA) is 78.9 Å². The average Bonchev–Trinajstić information content (AvgIpc) is 2.26. The third-order valence-corrected chi connectivity index (χ3v) is 1.52. The monoisotopic (exact) mass is 244 g/mol. The van der Waals surface area contributed by atoms with E-state index in [2.05, 4.69) is 11.3 Å². The van der Waals surface area contributed by atoms with E-state index >= 15 is 0 Å². The summed E-state index contributed by atoms with van der Waals surface area (Å²) < 4.78 is 14.3. The van der Waals surface area contributed by atoms with Crippen molar-refractivity contribution in [3.63, 3.8) is 0 Å². The highest BCUT2D eigenvalue weighted by Crippen LogP contribution is 1.88. The van der Waals surface area contributed by atoms with Gasteiger partial charge in [-0.15, -0.1) is 0 Å². The van der Waals surface area contributed by atoms with Gasteiger partial charge >= 0.3 is 11.9 Å². The van der Waals surface area contributed by atoms with Gasteiger partial charge in [-0.3, -0.25) is 9.59 Å². The number of hydrogen-bond acceptors (Lipinski definition) is 6. The summed E-state index contributed by atoms with van der Waals surface area (Å²) in [6.45, 7) is 5.13. The SMILES string of the molecule is C=CC(=O)OCCOCCOC(=O)CC(C)=O. The van der Waals surface area contributed by atoms with Crippen LogP contribution in [0.4, 0.5) is 0 Å². The van der Waals surface area contributed by atoms with Crippen molar-refractivity contribution in [2.45, 2.75) is 13.3 Å². The molecule has 0 amide bonds. The van der Waals surface area contributed by atoms with Gasteiger partial charge in [0, 0.05) is 6.08 Å². The molecule has 0 bridgehead atoms. The maximum atomic E-state index is 10.9. The molecule has 0 saturated carbocycles. The van der Waals surface area contributed by atoms with Crippen molar-refractivity contribution < 1.29 is 28.6 Å². The molecule has 96 valence electrons. The number of rotatable bonds is 9. The first-order chi connectivity index (χ1) is 8.06. The molecule has 0 aromatic carbocycles. The summed E-state index contributed by atoms with van der Waals surface area (Å²) in [5, 5.41) is 0. The van der Waals surface area contributed by atoms with Crippen LogP contribution in [0.25, 0.3) is 0 Å². The normalized spacial score (nSPS) is 9.47. The van der Waals surface area contributed by atoms with E-state index in [9.17, 15) is 14.4 Å². The molecule has 0 heterocycles. The molecule has 0 spiro atoms. The van der Waals surface area contributed by atoms with Crippen LogP contribution in [0.1, 0.15) is 13.3 Å². The molecule has 0 fully saturated rings. The summed E-state index contributed by atoms with van der Waals surface area (Å²) in [5.41, 5.74) is 0. The Morgan fingerprint density at radius 1 is 1.06 bits per heavy atom. The van der Waals surface area contributed by atoms with Crippen molar-refractivity contribution in [2.24, 2.45) is 0 Å². The molecular weight excluding hydrogens is 228 g/mol. The van der Waals surface area contributed by atoms with Crippen LogP contribution in [0.5, 0.6) is 0 Å². The van der Waals surface area contributed by atoms with Crippen molar-refractivity contribution in [1.29, 1.82) is 0 Å². The Bertz CT molecular complexity index is 284. The molecule has 0 N–H and O–H groups in total. The Morgan fingerprint density at radius 3 is 2.18 bits per heavy atom. The lowest BCUT2D eigenvalue weighted by molar-refractivity contribution is -0.147. The highest BCUT2D eigenvalue weighted by Gasteiger charge is 2.05. The molecule has 0 rings (SSSR count). The predicted molar refractivity (Wildman–Crippen MR) is 58.2 cm³/mol. The second-order valence-corrected chi connectivity index (χ2v) is 3.08. The molecule has 0 aromatic rings. The van der Waals surface area contributed by atoms with E-state index in [4.69, 9.17) is 9.47 Å². The fourth-order valence-corrected chi connectivity index (χ4v) is 0.831. The van der Waals surface area contributed by atoms with Gasteiger partial charge in [-0.05, 0) is 6.92 Å². The van der Waals surface area contributed by atoms with E-state index < -0.39 is 11.9 Å². The zero-order valence-electron chi connectivity index (χ0n) is 9.77.